The third-order valence-corrected chi connectivity index (χ3v) is 4.75. The van der Waals surface area contributed by atoms with E-state index in [1.165, 1.54) is 12.1 Å². The van der Waals surface area contributed by atoms with Gasteiger partial charge in [0.25, 0.3) is 5.91 Å². The van der Waals surface area contributed by atoms with Crippen LogP contribution in [0.25, 0.3) is 0 Å². The third kappa shape index (κ3) is 3.55. The lowest BCUT2D eigenvalue weighted by Crippen LogP contribution is -2.27. The molecule has 1 aromatic carbocycles. The standard InChI is InChI=1S/C13H18ClN3O3S/c1-16(2)4-3-5-17-8-9-6-11(14)12(21(15,19)20)7-10(9)13(17)18/h6-7H,3-5,8H2,1-2H3,(H2,15,19,20). The molecule has 8 heteroatoms. The summed E-state index contributed by atoms with van der Waals surface area (Å²) in [4.78, 5) is 15.8. The van der Waals surface area contributed by atoms with E-state index in [9.17, 15) is 13.2 Å². The van der Waals surface area contributed by atoms with Crippen LogP contribution in [0.15, 0.2) is 17.0 Å². The summed E-state index contributed by atoms with van der Waals surface area (Å²) in [5, 5.41) is 5.16. The van der Waals surface area contributed by atoms with Crippen LogP contribution in [0, 0.1) is 0 Å². The first-order valence-electron chi connectivity index (χ1n) is 6.49. The normalized spacial score (nSPS) is 14.9. The minimum absolute atomic E-state index is 0.0548. The summed E-state index contributed by atoms with van der Waals surface area (Å²) in [5.41, 5.74) is 1.11. The zero-order chi connectivity index (χ0) is 15.8. The average molecular weight is 332 g/mol. The van der Waals surface area contributed by atoms with Gasteiger partial charge in [-0.25, -0.2) is 13.6 Å². The van der Waals surface area contributed by atoms with Gasteiger partial charge < -0.3 is 9.80 Å². The highest BCUT2D eigenvalue weighted by atomic mass is 35.5. The fourth-order valence-corrected chi connectivity index (χ4v) is 3.47. The number of carbonyl (C=O) groups excluding carboxylic acids is 1. The number of rotatable bonds is 5. The number of nitrogens with two attached hydrogens (primary N) is 1. The van der Waals surface area contributed by atoms with E-state index in [1.807, 2.05) is 19.0 Å². The molecule has 0 spiro atoms. The molecule has 1 heterocycles. The first-order chi connectivity index (χ1) is 9.70. The Labute approximate surface area is 129 Å². The topological polar surface area (TPSA) is 83.7 Å². The molecule has 1 aromatic rings. The Morgan fingerprint density at radius 1 is 1.38 bits per heavy atom. The second kappa shape index (κ2) is 5.92. The zero-order valence-electron chi connectivity index (χ0n) is 12.0. The Morgan fingerprint density at radius 3 is 2.62 bits per heavy atom. The Bertz CT molecular complexity index is 673. The van der Waals surface area contributed by atoms with Gasteiger partial charge in [0.15, 0.2) is 0 Å². The van der Waals surface area contributed by atoms with Crippen LogP contribution in [0.1, 0.15) is 22.3 Å². The van der Waals surface area contributed by atoms with E-state index in [0.717, 1.165) is 18.5 Å². The second-order valence-electron chi connectivity index (χ2n) is 5.37. The van der Waals surface area contributed by atoms with Gasteiger partial charge in [-0.1, -0.05) is 11.6 Å². The number of halogens is 1. The van der Waals surface area contributed by atoms with Crippen molar-refractivity contribution in [1.82, 2.24) is 9.80 Å². The summed E-state index contributed by atoms with van der Waals surface area (Å²) in [6.45, 7) is 1.95. The molecule has 0 bridgehead atoms. The molecule has 0 fully saturated rings. The van der Waals surface area contributed by atoms with E-state index in [1.54, 1.807) is 4.90 Å². The molecule has 1 aliphatic rings. The number of carbonyl (C=O) groups is 1. The molecule has 1 aliphatic heterocycles. The SMILES string of the molecule is CN(C)CCCN1Cc2cc(Cl)c(S(N)(=O)=O)cc2C1=O. The predicted molar refractivity (Wildman–Crippen MR) is 80.7 cm³/mol. The fourth-order valence-electron chi connectivity index (χ4n) is 2.35. The van der Waals surface area contributed by atoms with Gasteiger partial charge in [-0.2, -0.15) is 0 Å². The summed E-state index contributed by atoms with van der Waals surface area (Å²) in [6.07, 6.45) is 0.850. The van der Waals surface area contributed by atoms with E-state index < -0.39 is 10.0 Å². The quantitative estimate of drug-likeness (QED) is 0.868. The molecule has 2 rings (SSSR count). The Balaban J connectivity index is 2.22. The van der Waals surface area contributed by atoms with E-state index in [0.29, 0.717) is 18.7 Å². The van der Waals surface area contributed by atoms with Gasteiger partial charge in [0, 0.05) is 18.7 Å². The maximum atomic E-state index is 12.3. The molecule has 0 aromatic heterocycles. The zero-order valence-corrected chi connectivity index (χ0v) is 13.5. The van der Waals surface area contributed by atoms with Crippen LogP contribution in [0.2, 0.25) is 5.02 Å². The Hall–Kier alpha value is -1.15. The number of nitrogens with zero attached hydrogens (tertiary/aromatic N) is 2. The van der Waals surface area contributed by atoms with Gasteiger partial charge in [-0.15, -0.1) is 0 Å². The van der Waals surface area contributed by atoms with Crippen molar-refractivity contribution in [3.63, 3.8) is 0 Å². The average Bonchev–Trinajstić information content (AvgIpc) is 2.63. The fraction of sp³-hybridized carbons (Fsp3) is 0.462. The van der Waals surface area contributed by atoms with Gasteiger partial charge >= 0.3 is 0 Å². The molecule has 0 aliphatic carbocycles. The molecule has 0 atom stereocenters. The van der Waals surface area contributed by atoms with Gasteiger partial charge in [0.2, 0.25) is 10.0 Å². The third-order valence-electron chi connectivity index (χ3n) is 3.38. The molecule has 116 valence electrons. The van der Waals surface area contributed by atoms with Crippen LogP contribution in [0.5, 0.6) is 0 Å². The molecule has 0 saturated heterocycles. The highest BCUT2D eigenvalue weighted by Gasteiger charge is 2.29. The highest BCUT2D eigenvalue weighted by molar-refractivity contribution is 7.89. The predicted octanol–water partition coefficient (Wildman–Crippen LogP) is 0.895. The number of primary sulfonamides is 1. The van der Waals surface area contributed by atoms with Crippen molar-refractivity contribution >= 4 is 27.5 Å². The number of benzene rings is 1. The molecule has 0 unspecified atom stereocenters. The molecule has 6 nitrogen and oxygen atoms in total. The molecule has 0 radical (unpaired) electrons. The molecule has 2 N–H and O–H groups in total. The number of amides is 1. The maximum Gasteiger partial charge on any atom is 0.254 e. The summed E-state index contributed by atoms with van der Waals surface area (Å²) in [6, 6.07) is 2.79. The van der Waals surface area contributed by atoms with Gasteiger partial charge in [-0.05, 0) is 44.8 Å². The van der Waals surface area contributed by atoms with Crippen LogP contribution in [0.4, 0.5) is 0 Å². The van der Waals surface area contributed by atoms with Gasteiger partial charge in [-0.3, -0.25) is 4.79 Å². The number of fused-ring (bicyclic) bond motifs is 1. The van der Waals surface area contributed by atoms with Gasteiger partial charge in [0.05, 0.1) is 5.02 Å². The summed E-state index contributed by atoms with van der Waals surface area (Å²) < 4.78 is 22.9. The highest BCUT2D eigenvalue weighted by Crippen LogP contribution is 2.30. The minimum Gasteiger partial charge on any atom is -0.334 e. The summed E-state index contributed by atoms with van der Waals surface area (Å²) in [5.74, 6) is -0.176. The summed E-state index contributed by atoms with van der Waals surface area (Å²) in [7, 11) is 0.00838. The molecule has 21 heavy (non-hydrogen) atoms. The van der Waals surface area contributed by atoms with Crippen molar-refractivity contribution in [3.05, 3.63) is 28.3 Å². The maximum absolute atomic E-state index is 12.3. The van der Waals surface area contributed by atoms with Crippen LogP contribution in [0.3, 0.4) is 0 Å². The Morgan fingerprint density at radius 2 is 2.05 bits per heavy atom. The van der Waals surface area contributed by atoms with E-state index in [2.05, 4.69) is 0 Å². The van der Waals surface area contributed by atoms with E-state index in [4.69, 9.17) is 16.7 Å². The smallest absolute Gasteiger partial charge is 0.254 e. The summed E-state index contributed by atoms with van der Waals surface area (Å²) >= 11 is 5.94. The first-order valence-corrected chi connectivity index (χ1v) is 8.42. The largest absolute Gasteiger partial charge is 0.334 e. The van der Waals surface area contributed by atoms with Gasteiger partial charge in [0.1, 0.15) is 4.90 Å². The lowest BCUT2D eigenvalue weighted by Gasteiger charge is -2.17. The monoisotopic (exact) mass is 331 g/mol. The molecular formula is C13H18ClN3O3S. The van der Waals surface area contributed by atoms with E-state index in [-0.39, 0.29) is 15.8 Å². The van der Waals surface area contributed by atoms with Crippen molar-refractivity contribution in [3.8, 4) is 0 Å². The minimum atomic E-state index is -3.93. The van der Waals surface area contributed by atoms with Crippen LogP contribution in [-0.4, -0.2) is 51.3 Å². The van der Waals surface area contributed by atoms with Crippen molar-refractivity contribution in [2.24, 2.45) is 5.14 Å². The first kappa shape index (κ1) is 16.2. The van der Waals surface area contributed by atoms with Crippen LogP contribution < -0.4 is 5.14 Å². The van der Waals surface area contributed by atoms with Crippen molar-refractivity contribution < 1.29 is 13.2 Å². The molecular weight excluding hydrogens is 314 g/mol. The van der Waals surface area contributed by atoms with Crippen molar-refractivity contribution in [2.75, 3.05) is 27.2 Å². The van der Waals surface area contributed by atoms with Crippen molar-refractivity contribution in [2.45, 2.75) is 17.9 Å². The lowest BCUT2D eigenvalue weighted by molar-refractivity contribution is 0.0773. The Kier molecular flexibility index (Phi) is 4.57. The second-order valence-corrected chi connectivity index (χ2v) is 7.31. The number of hydrogen-bond donors (Lipinski definition) is 1. The van der Waals surface area contributed by atoms with E-state index >= 15 is 0 Å². The van der Waals surface area contributed by atoms with Crippen LogP contribution >= 0.6 is 11.6 Å². The lowest BCUT2D eigenvalue weighted by atomic mass is 10.1. The molecule has 0 saturated carbocycles. The number of hydrogen-bond acceptors (Lipinski definition) is 4. The molecule has 1 amide bonds. The van der Waals surface area contributed by atoms with Crippen molar-refractivity contribution in [1.29, 1.82) is 0 Å². The number of sulfonamides is 1. The van der Waals surface area contributed by atoms with Crippen LogP contribution in [-0.2, 0) is 16.6 Å².